The van der Waals surface area contributed by atoms with Crippen molar-refractivity contribution in [1.82, 2.24) is 10.2 Å². The van der Waals surface area contributed by atoms with E-state index in [1.165, 1.54) is 0 Å². The molecule has 6 heteroatoms. The summed E-state index contributed by atoms with van der Waals surface area (Å²) < 4.78 is 11.1. The van der Waals surface area contributed by atoms with E-state index < -0.39 is 22.8 Å². The SMILES string of the molecule is CNC(CN1CCS(=O)CC1)C(=O)O. The second-order valence-corrected chi connectivity index (χ2v) is 5.02. The first-order valence-electron chi connectivity index (χ1n) is 4.61. The van der Waals surface area contributed by atoms with Gasteiger partial charge in [-0.05, 0) is 7.05 Å². The highest BCUT2D eigenvalue weighted by Gasteiger charge is 2.22. The van der Waals surface area contributed by atoms with Crippen molar-refractivity contribution >= 4 is 16.8 Å². The Hall–Kier alpha value is -0.460. The predicted octanol–water partition coefficient (Wildman–Crippen LogP) is -1.28. The molecule has 82 valence electrons. The van der Waals surface area contributed by atoms with Gasteiger partial charge in [0.05, 0.1) is 0 Å². The Morgan fingerprint density at radius 1 is 1.57 bits per heavy atom. The van der Waals surface area contributed by atoms with Crippen LogP contribution in [0.1, 0.15) is 0 Å². The largest absolute Gasteiger partial charge is 0.480 e. The van der Waals surface area contributed by atoms with Crippen molar-refractivity contribution in [2.24, 2.45) is 0 Å². The predicted molar refractivity (Wildman–Crippen MR) is 54.8 cm³/mol. The van der Waals surface area contributed by atoms with Crippen LogP contribution in [0.25, 0.3) is 0 Å². The first-order chi connectivity index (χ1) is 6.63. The zero-order valence-electron chi connectivity index (χ0n) is 8.23. The molecule has 2 N–H and O–H groups in total. The maximum atomic E-state index is 11.1. The van der Waals surface area contributed by atoms with Crippen molar-refractivity contribution < 1.29 is 14.1 Å². The van der Waals surface area contributed by atoms with Gasteiger partial charge in [-0.15, -0.1) is 0 Å². The topological polar surface area (TPSA) is 69.6 Å². The highest BCUT2D eigenvalue weighted by atomic mass is 32.2. The van der Waals surface area contributed by atoms with Gasteiger partial charge in [-0.3, -0.25) is 13.9 Å². The molecule has 0 bridgehead atoms. The van der Waals surface area contributed by atoms with Crippen molar-refractivity contribution in [1.29, 1.82) is 0 Å². The van der Waals surface area contributed by atoms with Crippen LogP contribution >= 0.6 is 0 Å². The molecule has 0 radical (unpaired) electrons. The lowest BCUT2D eigenvalue weighted by atomic mass is 10.2. The van der Waals surface area contributed by atoms with Crippen molar-refractivity contribution in [3.63, 3.8) is 0 Å². The molecule has 0 amide bonds. The number of nitrogens with zero attached hydrogens (tertiary/aromatic N) is 1. The molecule has 0 aliphatic carbocycles. The average Bonchev–Trinajstić information content (AvgIpc) is 2.16. The van der Waals surface area contributed by atoms with Crippen LogP contribution in [0.3, 0.4) is 0 Å². The van der Waals surface area contributed by atoms with Gasteiger partial charge in [-0.25, -0.2) is 0 Å². The molecule has 0 aromatic carbocycles. The van der Waals surface area contributed by atoms with Gasteiger partial charge >= 0.3 is 5.97 Å². The van der Waals surface area contributed by atoms with Crippen LogP contribution < -0.4 is 5.32 Å². The molecule has 1 aliphatic heterocycles. The lowest BCUT2D eigenvalue weighted by Crippen LogP contribution is -2.48. The lowest BCUT2D eigenvalue weighted by Gasteiger charge is -2.28. The van der Waals surface area contributed by atoms with Gasteiger partial charge in [-0.1, -0.05) is 0 Å². The van der Waals surface area contributed by atoms with E-state index in [-0.39, 0.29) is 0 Å². The third-order valence-corrected chi connectivity index (χ3v) is 3.63. The fraction of sp³-hybridized carbons (Fsp3) is 0.875. The molecule has 0 aromatic heterocycles. The maximum absolute atomic E-state index is 11.1. The van der Waals surface area contributed by atoms with Gasteiger partial charge < -0.3 is 10.4 Å². The normalized spacial score (nSPS) is 22.1. The van der Waals surface area contributed by atoms with E-state index in [0.29, 0.717) is 18.1 Å². The third kappa shape index (κ3) is 3.36. The number of aliphatic carboxylic acids is 1. The number of hydrogen-bond acceptors (Lipinski definition) is 4. The van der Waals surface area contributed by atoms with Crippen LogP contribution in [0, 0.1) is 0 Å². The molecule has 0 saturated carbocycles. The molecular weight excluding hydrogens is 204 g/mol. The van der Waals surface area contributed by atoms with Gasteiger partial charge in [0.2, 0.25) is 0 Å². The number of nitrogens with one attached hydrogen (secondary N) is 1. The smallest absolute Gasteiger partial charge is 0.322 e. The molecule has 1 unspecified atom stereocenters. The molecule has 1 saturated heterocycles. The molecule has 1 fully saturated rings. The first-order valence-corrected chi connectivity index (χ1v) is 6.09. The number of carbonyl (C=O) groups is 1. The highest BCUT2D eigenvalue weighted by molar-refractivity contribution is 7.85. The van der Waals surface area contributed by atoms with E-state index in [2.05, 4.69) is 5.32 Å². The fourth-order valence-electron chi connectivity index (χ4n) is 1.41. The van der Waals surface area contributed by atoms with Crippen molar-refractivity contribution in [3.05, 3.63) is 0 Å². The summed E-state index contributed by atoms with van der Waals surface area (Å²) in [5, 5.41) is 11.5. The monoisotopic (exact) mass is 220 g/mol. The lowest BCUT2D eigenvalue weighted by molar-refractivity contribution is -0.139. The van der Waals surface area contributed by atoms with Crippen LogP contribution in [-0.4, -0.2) is 64.4 Å². The van der Waals surface area contributed by atoms with E-state index >= 15 is 0 Å². The molecule has 0 aromatic rings. The summed E-state index contributed by atoms with van der Waals surface area (Å²) in [7, 11) is 0.942. The number of carboxylic acids is 1. The number of rotatable bonds is 4. The Labute approximate surface area is 85.9 Å². The average molecular weight is 220 g/mol. The minimum absolute atomic E-state index is 0.489. The minimum Gasteiger partial charge on any atom is -0.480 e. The van der Waals surface area contributed by atoms with E-state index in [1.54, 1.807) is 7.05 Å². The minimum atomic E-state index is -0.834. The van der Waals surface area contributed by atoms with Crippen molar-refractivity contribution in [2.45, 2.75) is 6.04 Å². The van der Waals surface area contributed by atoms with E-state index in [4.69, 9.17) is 5.11 Å². The Bertz CT molecular complexity index is 225. The van der Waals surface area contributed by atoms with Crippen LogP contribution in [0.5, 0.6) is 0 Å². The number of hydrogen-bond donors (Lipinski definition) is 2. The number of likely N-dealkylation sites (N-methyl/N-ethyl adjacent to an activating group) is 1. The van der Waals surface area contributed by atoms with Gasteiger partial charge in [0, 0.05) is 41.9 Å². The Morgan fingerprint density at radius 2 is 2.14 bits per heavy atom. The molecule has 1 rings (SSSR count). The summed E-state index contributed by atoms with van der Waals surface area (Å²) in [6.45, 7) is 1.96. The molecule has 14 heavy (non-hydrogen) atoms. The van der Waals surface area contributed by atoms with Crippen LogP contribution in [0.4, 0.5) is 0 Å². The van der Waals surface area contributed by atoms with Crippen molar-refractivity contribution in [2.75, 3.05) is 38.2 Å². The van der Waals surface area contributed by atoms with Crippen LogP contribution in [0.2, 0.25) is 0 Å². The van der Waals surface area contributed by atoms with Gasteiger partial charge in [0.25, 0.3) is 0 Å². The molecule has 1 atom stereocenters. The fourth-order valence-corrected chi connectivity index (χ4v) is 2.54. The summed E-state index contributed by atoms with van der Waals surface area (Å²) in [5.74, 6) is 0.491. The second-order valence-electron chi connectivity index (χ2n) is 3.33. The Balaban J connectivity index is 2.36. The van der Waals surface area contributed by atoms with E-state index in [9.17, 15) is 9.00 Å². The zero-order valence-corrected chi connectivity index (χ0v) is 9.05. The number of carboxylic acid groups (broad SMARTS) is 1. The highest BCUT2D eigenvalue weighted by Crippen LogP contribution is 2.01. The van der Waals surface area contributed by atoms with Crippen LogP contribution in [0.15, 0.2) is 0 Å². The van der Waals surface area contributed by atoms with Gasteiger partial charge in [0.15, 0.2) is 0 Å². The zero-order chi connectivity index (χ0) is 10.6. The van der Waals surface area contributed by atoms with Gasteiger partial charge in [0.1, 0.15) is 6.04 Å². The standard InChI is InChI=1S/C8H16N2O3S/c1-9-7(8(11)12)6-10-2-4-14(13)5-3-10/h7,9H,2-6H2,1H3,(H,11,12). The molecule has 1 aliphatic rings. The molecule has 0 spiro atoms. The second kappa shape index (κ2) is 5.43. The maximum Gasteiger partial charge on any atom is 0.322 e. The van der Waals surface area contributed by atoms with E-state index in [0.717, 1.165) is 13.1 Å². The van der Waals surface area contributed by atoms with Crippen LogP contribution in [-0.2, 0) is 15.6 Å². The Kier molecular flexibility index (Phi) is 4.50. The first kappa shape index (κ1) is 11.6. The molecule has 5 nitrogen and oxygen atoms in total. The summed E-state index contributed by atoms with van der Waals surface area (Å²) in [6.07, 6.45) is 0. The summed E-state index contributed by atoms with van der Waals surface area (Å²) >= 11 is 0. The third-order valence-electron chi connectivity index (χ3n) is 2.36. The summed E-state index contributed by atoms with van der Waals surface area (Å²) in [6, 6.07) is -0.526. The van der Waals surface area contributed by atoms with Crippen molar-refractivity contribution in [3.8, 4) is 0 Å². The molecule has 1 heterocycles. The summed E-state index contributed by atoms with van der Waals surface area (Å²) in [4.78, 5) is 12.8. The Morgan fingerprint density at radius 3 is 2.57 bits per heavy atom. The van der Waals surface area contributed by atoms with E-state index in [1.807, 2.05) is 4.90 Å². The van der Waals surface area contributed by atoms with Gasteiger partial charge in [-0.2, -0.15) is 0 Å². The molecular formula is C8H16N2O3S. The quantitative estimate of drug-likeness (QED) is 0.618. The summed E-state index contributed by atoms with van der Waals surface area (Å²) in [5.41, 5.74) is 0.